The fraction of sp³-hybridized carbons (Fsp3) is 0.200. The molecule has 0 bridgehead atoms. The van der Waals surface area contributed by atoms with Crippen LogP contribution in [-0.2, 0) is 0 Å². The summed E-state index contributed by atoms with van der Waals surface area (Å²) in [6.07, 6.45) is -1.13. The molecule has 2 unspecified atom stereocenters. The molecule has 2 atom stereocenters. The Morgan fingerprint density at radius 2 is 1.70 bits per heavy atom. The Morgan fingerprint density at radius 3 is 2.25 bits per heavy atom. The van der Waals surface area contributed by atoms with Crippen LogP contribution in [0.2, 0.25) is 5.02 Å². The smallest absolute Gasteiger partial charge is 0.126 e. The van der Waals surface area contributed by atoms with Gasteiger partial charge in [0.05, 0.1) is 6.10 Å². The first-order valence-corrected chi connectivity index (χ1v) is 6.49. The van der Waals surface area contributed by atoms with Crippen LogP contribution in [0.25, 0.3) is 0 Å². The fourth-order valence-electron chi connectivity index (χ4n) is 2.18. The normalized spacial score (nSPS) is 14.1. The molecular formula is C15H14ClF2NO. The highest BCUT2D eigenvalue weighted by atomic mass is 35.5. The van der Waals surface area contributed by atoms with Crippen LogP contribution in [0.3, 0.4) is 0 Å². The summed E-state index contributed by atoms with van der Waals surface area (Å²) in [5.74, 6) is -2.02. The maximum Gasteiger partial charge on any atom is 0.126 e. The molecule has 2 aromatic rings. The molecule has 2 nitrogen and oxygen atoms in total. The number of nitrogens with two attached hydrogens (primary N) is 1. The van der Waals surface area contributed by atoms with Gasteiger partial charge in [-0.1, -0.05) is 29.8 Å². The van der Waals surface area contributed by atoms with Gasteiger partial charge in [0.25, 0.3) is 0 Å². The van der Waals surface area contributed by atoms with E-state index < -0.39 is 23.7 Å². The Balaban J connectivity index is 2.39. The highest BCUT2D eigenvalue weighted by Gasteiger charge is 2.24. The quantitative estimate of drug-likeness (QED) is 0.908. The number of hydrogen-bond donors (Lipinski definition) is 2. The third-order valence-corrected chi connectivity index (χ3v) is 3.51. The van der Waals surface area contributed by atoms with Gasteiger partial charge in [-0.2, -0.15) is 0 Å². The molecule has 0 amide bonds. The van der Waals surface area contributed by atoms with E-state index in [1.807, 2.05) is 0 Å². The molecule has 0 saturated heterocycles. The SMILES string of the molecule is NCC(c1ccccc1Cl)C(O)c1cc(F)cc(F)c1. The van der Waals surface area contributed by atoms with Gasteiger partial charge < -0.3 is 10.8 Å². The molecule has 0 aliphatic rings. The minimum absolute atomic E-state index is 0.100. The minimum Gasteiger partial charge on any atom is -0.388 e. The van der Waals surface area contributed by atoms with E-state index in [9.17, 15) is 13.9 Å². The highest BCUT2D eigenvalue weighted by molar-refractivity contribution is 6.31. The van der Waals surface area contributed by atoms with E-state index in [-0.39, 0.29) is 12.1 Å². The minimum atomic E-state index is -1.13. The van der Waals surface area contributed by atoms with Gasteiger partial charge in [0.2, 0.25) is 0 Å². The summed E-state index contributed by atoms with van der Waals surface area (Å²) in [5.41, 5.74) is 6.47. The van der Waals surface area contributed by atoms with Crippen molar-refractivity contribution < 1.29 is 13.9 Å². The summed E-state index contributed by atoms with van der Waals surface area (Å²) >= 11 is 6.08. The molecule has 20 heavy (non-hydrogen) atoms. The summed E-state index contributed by atoms with van der Waals surface area (Å²) in [4.78, 5) is 0. The van der Waals surface area contributed by atoms with E-state index in [1.165, 1.54) is 0 Å². The van der Waals surface area contributed by atoms with Crippen LogP contribution in [0.4, 0.5) is 8.78 Å². The second-order valence-electron chi connectivity index (χ2n) is 4.51. The predicted octanol–water partition coefficient (Wildman–Crippen LogP) is 3.39. The Hall–Kier alpha value is -1.49. The van der Waals surface area contributed by atoms with Crippen LogP contribution in [-0.4, -0.2) is 11.7 Å². The van der Waals surface area contributed by atoms with Crippen LogP contribution in [0.15, 0.2) is 42.5 Å². The Bertz CT molecular complexity index is 586. The first kappa shape index (κ1) is 14.9. The van der Waals surface area contributed by atoms with Gasteiger partial charge in [-0.25, -0.2) is 8.78 Å². The van der Waals surface area contributed by atoms with Gasteiger partial charge in [0, 0.05) is 23.6 Å². The molecule has 5 heteroatoms. The van der Waals surface area contributed by atoms with Gasteiger partial charge in [0.15, 0.2) is 0 Å². The third kappa shape index (κ3) is 3.15. The largest absolute Gasteiger partial charge is 0.388 e. The zero-order valence-corrected chi connectivity index (χ0v) is 11.3. The molecule has 0 aliphatic heterocycles. The van der Waals surface area contributed by atoms with Gasteiger partial charge >= 0.3 is 0 Å². The van der Waals surface area contributed by atoms with E-state index in [0.29, 0.717) is 10.6 Å². The van der Waals surface area contributed by atoms with E-state index in [0.717, 1.165) is 18.2 Å². The second-order valence-corrected chi connectivity index (χ2v) is 4.92. The van der Waals surface area contributed by atoms with Crippen molar-refractivity contribution in [1.29, 1.82) is 0 Å². The zero-order valence-electron chi connectivity index (χ0n) is 10.6. The van der Waals surface area contributed by atoms with Crippen molar-refractivity contribution in [1.82, 2.24) is 0 Å². The standard InChI is InChI=1S/C15H14ClF2NO/c16-14-4-2-1-3-12(14)13(8-19)15(20)9-5-10(17)7-11(18)6-9/h1-7,13,15,20H,8,19H2. The van der Waals surface area contributed by atoms with Crippen LogP contribution in [0, 0.1) is 11.6 Å². The van der Waals surface area contributed by atoms with Crippen molar-refractivity contribution in [2.45, 2.75) is 12.0 Å². The molecule has 2 rings (SSSR count). The molecular weight excluding hydrogens is 284 g/mol. The predicted molar refractivity (Wildman–Crippen MR) is 74.6 cm³/mol. The van der Waals surface area contributed by atoms with E-state index in [4.69, 9.17) is 17.3 Å². The zero-order chi connectivity index (χ0) is 14.7. The lowest BCUT2D eigenvalue weighted by Crippen LogP contribution is -2.20. The summed E-state index contributed by atoms with van der Waals surface area (Å²) in [5, 5.41) is 10.8. The Morgan fingerprint density at radius 1 is 1.10 bits per heavy atom. The Kier molecular flexibility index (Phi) is 4.70. The lowest BCUT2D eigenvalue weighted by Gasteiger charge is -2.23. The lowest BCUT2D eigenvalue weighted by molar-refractivity contribution is 0.146. The van der Waals surface area contributed by atoms with E-state index in [1.54, 1.807) is 24.3 Å². The highest BCUT2D eigenvalue weighted by Crippen LogP contribution is 2.34. The number of aliphatic hydroxyl groups is 1. The average Bonchev–Trinajstić information content (AvgIpc) is 2.40. The topological polar surface area (TPSA) is 46.2 Å². The van der Waals surface area contributed by atoms with E-state index in [2.05, 4.69) is 0 Å². The summed E-state index contributed by atoms with van der Waals surface area (Å²) in [6, 6.07) is 9.87. The number of hydrogen-bond acceptors (Lipinski definition) is 2. The molecule has 2 aromatic carbocycles. The van der Waals surface area contributed by atoms with Crippen LogP contribution in [0.5, 0.6) is 0 Å². The van der Waals surface area contributed by atoms with Crippen molar-refractivity contribution >= 4 is 11.6 Å². The van der Waals surface area contributed by atoms with E-state index >= 15 is 0 Å². The van der Waals surface area contributed by atoms with Crippen LogP contribution < -0.4 is 5.73 Å². The van der Waals surface area contributed by atoms with Crippen LogP contribution in [0.1, 0.15) is 23.1 Å². The summed E-state index contributed by atoms with van der Waals surface area (Å²) in [7, 11) is 0. The molecule has 0 spiro atoms. The first-order valence-electron chi connectivity index (χ1n) is 6.11. The molecule has 0 heterocycles. The molecule has 0 fully saturated rings. The summed E-state index contributed by atoms with van der Waals surface area (Å²) < 4.78 is 26.5. The Labute approximate surface area is 120 Å². The number of halogens is 3. The number of rotatable bonds is 4. The maximum atomic E-state index is 13.2. The van der Waals surface area contributed by atoms with Gasteiger partial charge in [-0.05, 0) is 29.3 Å². The average molecular weight is 298 g/mol. The van der Waals surface area contributed by atoms with Crippen molar-refractivity contribution in [3.8, 4) is 0 Å². The second kappa shape index (κ2) is 6.31. The monoisotopic (exact) mass is 297 g/mol. The fourth-order valence-corrected chi connectivity index (χ4v) is 2.46. The van der Waals surface area contributed by atoms with Gasteiger partial charge in [-0.15, -0.1) is 0 Å². The van der Waals surface area contributed by atoms with Crippen molar-refractivity contribution in [2.24, 2.45) is 5.73 Å². The molecule has 106 valence electrons. The van der Waals surface area contributed by atoms with Gasteiger partial charge in [-0.3, -0.25) is 0 Å². The molecule has 0 aliphatic carbocycles. The van der Waals surface area contributed by atoms with Crippen molar-refractivity contribution in [3.63, 3.8) is 0 Å². The van der Waals surface area contributed by atoms with Crippen molar-refractivity contribution in [3.05, 3.63) is 70.2 Å². The summed E-state index contributed by atoms with van der Waals surface area (Å²) in [6.45, 7) is 0.100. The molecule has 0 aromatic heterocycles. The number of aliphatic hydroxyl groups excluding tert-OH is 1. The lowest BCUT2D eigenvalue weighted by atomic mass is 9.89. The first-order chi connectivity index (χ1) is 9.52. The number of benzene rings is 2. The molecule has 0 saturated carbocycles. The molecule has 3 N–H and O–H groups in total. The van der Waals surface area contributed by atoms with Crippen molar-refractivity contribution in [2.75, 3.05) is 6.54 Å². The van der Waals surface area contributed by atoms with Crippen LogP contribution >= 0.6 is 11.6 Å². The maximum absolute atomic E-state index is 13.2. The third-order valence-electron chi connectivity index (χ3n) is 3.17. The molecule has 0 radical (unpaired) electrons. The van der Waals surface area contributed by atoms with Gasteiger partial charge in [0.1, 0.15) is 11.6 Å².